The van der Waals surface area contributed by atoms with E-state index in [1.807, 2.05) is 51.1 Å². The van der Waals surface area contributed by atoms with Crippen LogP contribution in [-0.4, -0.2) is 23.3 Å². The number of hydrogen-bond acceptors (Lipinski definition) is 9. The molecule has 1 atom stereocenters. The van der Waals surface area contributed by atoms with Crippen molar-refractivity contribution in [1.29, 1.82) is 10.5 Å². The molecule has 2 heterocycles. The number of carbonyl (C=O) groups excluding carboxylic acids is 1. The average Bonchev–Trinajstić information content (AvgIpc) is 2.98. The van der Waals surface area contributed by atoms with Crippen LogP contribution in [0.25, 0.3) is 0 Å². The maximum atomic E-state index is 13.3. The van der Waals surface area contributed by atoms with Crippen LogP contribution >= 0.6 is 11.8 Å². The predicted octanol–water partition coefficient (Wildman–Crippen LogP) is 5.87. The minimum atomic E-state index is -0.809. The molecule has 1 aromatic heterocycles. The number of rotatable bonds is 9. The SMILES string of the molecule is CCOC(=O)C1=C(CSc2nc(C)c(C)c(C)c2C#N)OC(N)=C(C#N)[C@@H]1c1ccc(OCc2ccccc2)cc1. The quantitative estimate of drug-likeness (QED) is 0.249. The summed E-state index contributed by atoms with van der Waals surface area (Å²) in [5.41, 5.74) is 11.3. The van der Waals surface area contributed by atoms with E-state index >= 15 is 0 Å². The van der Waals surface area contributed by atoms with Crippen LogP contribution in [0.2, 0.25) is 0 Å². The first-order valence-electron chi connectivity index (χ1n) is 13.0. The zero-order valence-electron chi connectivity index (χ0n) is 23.4. The number of ether oxygens (including phenoxy) is 3. The largest absolute Gasteiger partial charge is 0.489 e. The maximum Gasteiger partial charge on any atom is 0.338 e. The van der Waals surface area contributed by atoms with Gasteiger partial charge in [-0.2, -0.15) is 10.5 Å². The molecule has 41 heavy (non-hydrogen) atoms. The summed E-state index contributed by atoms with van der Waals surface area (Å²) >= 11 is 1.26. The summed E-state index contributed by atoms with van der Waals surface area (Å²) in [5, 5.41) is 20.3. The van der Waals surface area contributed by atoms with Crippen molar-refractivity contribution in [1.82, 2.24) is 4.98 Å². The number of benzene rings is 2. The highest BCUT2D eigenvalue weighted by Crippen LogP contribution is 2.42. The van der Waals surface area contributed by atoms with E-state index in [1.165, 1.54) is 11.8 Å². The molecule has 2 aromatic carbocycles. The number of allylic oxidation sites excluding steroid dienone is 1. The first kappa shape index (κ1) is 29.3. The second-order valence-electron chi connectivity index (χ2n) is 9.35. The zero-order valence-corrected chi connectivity index (χ0v) is 24.2. The molecule has 2 N–H and O–H groups in total. The maximum absolute atomic E-state index is 13.3. The third-order valence-corrected chi connectivity index (χ3v) is 7.84. The second-order valence-corrected chi connectivity index (χ2v) is 10.3. The van der Waals surface area contributed by atoms with Crippen LogP contribution < -0.4 is 10.5 Å². The van der Waals surface area contributed by atoms with Gasteiger partial charge in [0.15, 0.2) is 0 Å². The summed E-state index contributed by atoms with van der Waals surface area (Å²) in [6, 6.07) is 21.3. The van der Waals surface area contributed by atoms with Crippen molar-refractivity contribution in [2.45, 2.75) is 45.2 Å². The van der Waals surface area contributed by atoms with Crippen molar-refractivity contribution in [2.75, 3.05) is 12.4 Å². The van der Waals surface area contributed by atoms with Crippen LogP contribution in [0, 0.1) is 43.4 Å². The van der Waals surface area contributed by atoms with Gasteiger partial charge in [-0.05, 0) is 62.1 Å². The van der Waals surface area contributed by atoms with E-state index in [0.29, 0.717) is 28.5 Å². The predicted molar refractivity (Wildman–Crippen MR) is 155 cm³/mol. The van der Waals surface area contributed by atoms with Gasteiger partial charge in [-0.3, -0.25) is 0 Å². The Morgan fingerprint density at radius 2 is 1.76 bits per heavy atom. The highest BCUT2D eigenvalue weighted by molar-refractivity contribution is 7.99. The lowest BCUT2D eigenvalue weighted by molar-refractivity contribution is -0.139. The van der Waals surface area contributed by atoms with Gasteiger partial charge in [-0.25, -0.2) is 9.78 Å². The number of carbonyl (C=O) groups is 1. The summed E-state index contributed by atoms with van der Waals surface area (Å²) in [4.78, 5) is 17.9. The minimum Gasteiger partial charge on any atom is -0.489 e. The zero-order chi connectivity index (χ0) is 29.5. The van der Waals surface area contributed by atoms with Gasteiger partial charge in [-0.15, -0.1) is 0 Å². The molecule has 0 saturated heterocycles. The number of pyridine rings is 1. The van der Waals surface area contributed by atoms with E-state index in [0.717, 1.165) is 22.4 Å². The molecule has 208 valence electrons. The first-order valence-corrected chi connectivity index (χ1v) is 14.0. The van der Waals surface area contributed by atoms with Crippen molar-refractivity contribution in [3.05, 3.63) is 111 Å². The lowest BCUT2D eigenvalue weighted by atomic mass is 9.83. The Balaban J connectivity index is 1.70. The van der Waals surface area contributed by atoms with Gasteiger partial charge in [0, 0.05) is 5.69 Å². The molecule has 1 aliphatic rings. The first-order chi connectivity index (χ1) is 19.8. The van der Waals surface area contributed by atoms with Gasteiger partial charge >= 0.3 is 5.97 Å². The monoisotopic (exact) mass is 566 g/mol. The number of nitrogens with zero attached hydrogens (tertiary/aromatic N) is 3. The molecule has 4 rings (SSSR count). The summed E-state index contributed by atoms with van der Waals surface area (Å²) < 4.78 is 17.2. The molecule has 9 heteroatoms. The van der Waals surface area contributed by atoms with Crippen molar-refractivity contribution in [3.8, 4) is 17.9 Å². The van der Waals surface area contributed by atoms with Crippen molar-refractivity contribution in [2.24, 2.45) is 5.73 Å². The van der Waals surface area contributed by atoms with Crippen molar-refractivity contribution < 1.29 is 19.0 Å². The Morgan fingerprint density at radius 1 is 1.05 bits per heavy atom. The van der Waals surface area contributed by atoms with Gasteiger partial charge in [0.05, 0.1) is 29.4 Å². The van der Waals surface area contributed by atoms with Crippen LogP contribution in [0.4, 0.5) is 0 Å². The molecule has 0 amide bonds. The van der Waals surface area contributed by atoms with E-state index in [1.54, 1.807) is 31.2 Å². The lowest BCUT2D eigenvalue weighted by Gasteiger charge is -2.28. The lowest BCUT2D eigenvalue weighted by Crippen LogP contribution is -2.27. The van der Waals surface area contributed by atoms with Crippen molar-refractivity contribution in [3.63, 3.8) is 0 Å². The van der Waals surface area contributed by atoms with E-state index in [4.69, 9.17) is 19.9 Å². The smallest absolute Gasteiger partial charge is 0.338 e. The summed E-state index contributed by atoms with van der Waals surface area (Å²) in [6.07, 6.45) is 0. The Hall–Kier alpha value is -4.73. The molecular formula is C32H30N4O4S. The van der Waals surface area contributed by atoms with Crippen LogP contribution in [0.5, 0.6) is 5.75 Å². The molecule has 0 fully saturated rings. The summed E-state index contributed by atoms with van der Waals surface area (Å²) in [7, 11) is 0. The van der Waals surface area contributed by atoms with Gasteiger partial charge < -0.3 is 19.9 Å². The Labute approximate surface area is 244 Å². The summed E-state index contributed by atoms with van der Waals surface area (Å²) in [5.74, 6) is -0.473. The van der Waals surface area contributed by atoms with Crippen LogP contribution in [0.15, 0.2) is 82.4 Å². The number of aromatic nitrogens is 1. The topological polar surface area (TPSA) is 131 Å². The molecule has 0 radical (unpaired) electrons. The third-order valence-electron chi connectivity index (χ3n) is 6.87. The van der Waals surface area contributed by atoms with E-state index in [2.05, 4.69) is 17.1 Å². The van der Waals surface area contributed by atoms with Crippen molar-refractivity contribution >= 4 is 17.7 Å². The molecule has 0 unspecified atom stereocenters. The Bertz CT molecular complexity index is 1600. The Kier molecular flexibility index (Phi) is 9.34. The molecule has 0 bridgehead atoms. The fraction of sp³-hybridized carbons (Fsp3) is 0.250. The van der Waals surface area contributed by atoms with E-state index < -0.39 is 11.9 Å². The highest BCUT2D eigenvalue weighted by Gasteiger charge is 2.37. The molecule has 8 nitrogen and oxygen atoms in total. The number of hydrogen-bond donors (Lipinski definition) is 1. The molecule has 0 saturated carbocycles. The standard InChI is InChI=1S/C32H30N4O4S/c1-5-38-32(37)29-27(18-41-31-25(15-33)20(3)19(2)21(4)36-31)40-30(35)26(16-34)28(29)23-11-13-24(14-12-23)39-17-22-9-7-6-8-10-22/h6-14,28H,5,17-18,35H2,1-4H3/t28-/m0/s1. The van der Waals surface area contributed by atoms with Gasteiger partial charge in [0.1, 0.15) is 40.9 Å². The molecule has 0 aliphatic carbocycles. The fourth-order valence-electron chi connectivity index (χ4n) is 4.47. The molecule has 3 aromatic rings. The minimum absolute atomic E-state index is 0.0877. The van der Waals surface area contributed by atoms with Crippen LogP contribution in [0.3, 0.4) is 0 Å². The number of nitrogens with two attached hydrogens (primary N) is 1. The van der Waals surface area contributed by atoms with Crippen LogP contribution in [0.1, 0.15) is 46.4 Å². The molecule has 0 spiro atoms. The number of aryl methyl sites for hydroxylation is 1. The Morgan fingerprint density at radius 3 is 2.39 bits per heavy atom. The fourth-order valence-corrected chi connectivity index (χ4v) is 5.50. The summed E-state index contributed by atoms with van der Waals surface area (Å²) in [6.45, 7) is 7.95. The number of thioether (sulfide) groups is 1. The number of nitriles is 2. The van der Waals surface area contributed by atoms with Gasteiger partial charge in [0.2, 0.25) is 5.88 Å². The normalized spacial score (nSPS) is 14.6. The highest BCUT2D eigenvalue weighted by atomic mass is 32.2. The van der Waals surface area contributed by atoms with Crippen LogP contribution in [-0.2, 0) is 20.9 Å². The van der Waals surface area contributed by atoms with E-state index in [9.17, 15) is 15.3 Å². The molecule has 1 aliphatic heterocycles. The van der Waals surface area contributed by atoms with Gasteiger partial charge in [0.25, 0.3) is 0 Å². The molecular weight excluding hydrogens is 536 g/mol. The third kappa shape index (κ3) is 6.37. The number of esters is 1. The van der Waals surface area contributed by atoms with E-state index in [-0.39, 0.29) is 35.1 Å². The average molecular weight is 567 g/mol. The van der Waals surface area contributed by atoms with Gasteiger partial charge in [-0.1, -0.05) is 54.2 Å². The second kappa shape index (κ2) is 13.1.